The normalized spacial score (nSPS) is 11.2. The van der Waals surface area contributed by atoms with Gasteiger partial charge < -0.3 is 9.69 Å². The molecule has 0 fully saturated rings. The fourth-order valence-corrected chi connectivity index (χ4v) is 2.57. The van der Waals surface area contributed by atoms with Gasteiger partial charge in [-0.15, -0.1) is 0 Å². The number of hydrogen-bond acceptors (Lipinski definition) is 2. The van der Waals surface area contributed by atoms with Crippen LogP contribution in [0.3, 0.4) is 0 Å². The van der Waals surface area contributed by atoms with Crippen LogP contribution in [0, 0.1) is 0 Å². The Morgan fingerprint density at radius 1 is 0.650 bits per heavy atom. The van der Waals surface area contributed by atoms with Crippen LogP contribution in [0.25, 0.3) is 0 Å². The van der Waals surface area contributed by atoms with Crippen molar-refractivity contribution in [1.82, 2.24) is 4.90 Å². The van der Waals surface area contributed by atoms with E-state index in [9.17, 15) is 4.79 Å². The van der Waals surface area contributed by atoms with Crippen LogP contribution in [0.2, 0.25) is 0 Å². The lowest BCUT2D eigenvalue weighted by Crippen LogP contribution is -2.12. The molecule has 2 heteroatoms. The van der Waals surface area contributed by atoms with Crippen molar-refractivity contribution >= 4 is 5.78 Å². The maximum absolute atomic E-state index is 10.8. The molecule has 0 aromatic carbocycles. The molecule has 0 aromatic rings. The van der Waals surface area contributed by atoms with E-state index in [2.05, 4.69) is 19.0 Å². The van der Waals surface area contributed by atoms with E-state index in [1.165, 1.54) is 77.2 Å². The quantitative estimate of drug-likeness (QED) is 0.385. The first kappa shape index (κ1) is 19.6. The van der Waals surface area contributed by atoms with Crippen molar-refractivity contribution in [2.24, 2.45) is 0 Å². The zero-order chi connectivity index (χ0) is 15.1. The predicted octanol–water partition coefficient (Wildman–Crippen LogP) is 5.21. The second kappa shape index (κ2) is 15.0. The second-order valence-electron chi connectivity index (χ2n) is 6.50. The first-order valence-corrected chi connectivity index (χ1v) is 8.77. The smallest absolute Gasteiger partial charge is 0.129 e. The Kier molecular flexibility index (Phi) is 14.7. The van der Waals surface area contributed by atoms with E-state index in [-0.39, 0.29) is 0 Å². The summed E-state index contributed by atoms with van der Waals surface area (Å²) < 4.78 is 0. The van der Waals surface area contributed by atoms with E-state index in [4.69, 9.17) is 0 Å². The Balaban J connectivity index is 2.97. The number of ketones is 1. The molecule has 0 heterocycles. The van der Waals surface area contributed by atoms with Gasteiger partial charge in [-0.05, 0) is 40.4 Å². The Hall–Kier alpha value is -0.370. The highest BCUT2D eigenvalue weighted by atomic mass is 16.1. The summed E-state index contributed by atoms with van der Waals surface area (Å²) in [6.07, 6.45) is 17.0. The molecule has 0 amide bonds. The summed E-state index contributed by atoms with van der Waals surface area (Å²) in [6.45, 7) is 2.93. The van der Waals surface area contributed by atoms with Gasteiger partial charge in [0, 0.05) is 6.42 Å². The van der Waals surface area contributed by atoms with Gasteiger partial charge >= 0.3 is 0 Å². The van der Waals surface area contributed by atoms with Gasteiger partial charge in [-0.25, -0.2) is 0 Å². The largest absolute Gasteiger partial charge is 0.309 e. The fourth-order valence-electron chi connectivity index (χ4n) is 2.57. The van der Waals surface area contributed by atoms with Crippen LogP contribution in [0.15, 0.2) is 0 Å². The molecule has 20 heavy (non-hydrogen) atoms. The van der Waals surface area contributed by atoms with Crippen LogP contribution in [-0.4, -0.2) is 31.3 Å². The highest BCUT2D eigenvalue weighted by Gasteiger charge is 1.96. The maximum Gasteiger partial charge on any atom is 0.129 e. The van der Waals surface area contributed by atoms with Gasteiger partial charge in [0.2, 0.25) is 0 Å². The molecule has 0 aliphatic carbocycles. The molecule has 120 valence electrons. The molecule has 0 aliphatic rings. The third-order valence-corrected chi connectivity index (χ3v) is 3.88. The third kappa shape index (κ3) is 17.6. The van der Waals surface area contributed by atoms with Gasteiger partial charge in [0.05, 0.1) is 0 Å². The van der Waals surface area contributed by atoms with Crippen molar-refractivity contribution in [3.8, 4) is 0 Å². The zero-order valence-electron chi connectivity index (χ0n) is 14.3. The zero-order valence-corrected chi connectivity index (χ0v) is 14.3. The lowest BCUT2D eigenvalue weighted by Gasteiger charge is -2.08. The lowest BCUT2D eigenvalue weighted by atomic mass is 10.0. The van der Waals surface area contributed by atoms with Crippen molar-refractivity contribution in [1.29, 1.82) is 0 Å². The van der Waals surface area contributed by atoms with Gasteiger partial charge in [0.1, 0.15) is 5.78 Å². The van der Waals surface area contributed by atoms with E-state index < -0.39 is 0 Å². The highest BCUT2D eigenvalue weighted by molar-refractivity contribution is 5.75. The summed E-state index contributed by atoms with van der Waals surface area (Å²) in [5.41, 5.74) is 0. The number of carbonyl (C=O) groups is 1. The van der Waals surface area contributed by atoms with Crippen molar-refractivity contribution in [2.45, 2.75) is 90.4 Å². The van der Waals surface area contributed by atoms with Crippen molar-refractivity contribution in [2.75, 3.05) is 20.6 Å². The Labute approximate surface area is 127 Å². The first-order chi connectivity index (χ1) is 9.63. The predicted molar refractivity (Wildman–Crippen MR) is 89.3 cm³/mol. The van der Waals surface area contributed by atoms with Gasteiger partial charge in [0.25, 0.3) is 0 Å². The fraction of sp³-hybridized carbons (Fsp3) is 0.944. The van der Waals surface area contributed by atoms with Crippen LogP contribution < -0.4 is 0 Å². The summed E-state index contributed by atoms with van der Waals surface area (Å²) in [5, 5.41) is 0. The molecular formula is C18H37NO. The molecule has 0 saturated carbocycles. The van der Waals surface area contributed by atoms with E-state index in [1.807, 2.05) is 0 Å². The minimum absolute atomic E-state index is 0.343. The lowest BCUT2D eigenvalue weighted by molar-refractivity contribution is -0.117. The Morgan fingerprint density at radius 3 is 1.35 bits per heavy atom. The van der Waals surface area contributed by atoms with Crippen LogP contribution in [-0.2, 0) is 4.79 Å². The molecule has 0 radical (unpaired) electrons. The monoisotopic (exact) mass is 283 g/mol. The molecule has 0 saturated heterocycles. The van der Waals surface area contributed by atoms with Crippen LogP contribution in [0.1, 0.15) is 90.4 Å². The summed E-state index contributed by atoms with van der Waals surface area (Å²) in [4.78, 5) is 13.1. The van der Waals surface area contributed by atoms with E-state index >= 15 is 0 Å². The Morgan fingerprint density at radius 2 is 1.00 bits per heavy atom. The standard InChI is InChI=1S/C18H37NO/c1-18(20)16-14-12-10-8-6-4-5-7-9-11-13-15-17-19(2)3/h4-17H2,1-3H3. The number of carbonyl (C=O) groups excluding carboxylic acids is 1. The summed E-state index contributed by atoms with van der Waals surface area (Å²) >= 11 is 0. The van der Waals surface area contributed by atoms with Gasteiger partial charge in [-0.2, -0.15) is 0 Å². The minimum Gasteiger partial charge on any atom is -0.309 e. The minimum atomic E-state index is 0.343. The van der Waals surface area contributed by atoms with Crippen LogP contribution in [0.4, 0.5) is 0 Å². The number of hydrogen-bond donors (Lipinski definition) is 0. The number of unbranched alkanes of at least 4 members (excludes halogenated alkanes) is 11. The van der Waals surface area contributed by atoms with Crippen molar-refractivity contribution in [3.63, 3.8) is 0 Å². The molecule has 0 rings (SSSR count). The highest BCUT2D eigenvalue weighted by Crippen LogP contribution is 2.12. The summed E-state index contributed by atoms with van der Waals surface area (Å²) in [6, 6.07) is 0. The van der Waals surface area contributed by atoms with Crippen LogP contribution in [0.5, 0.6) is 0 Å². The molecule has 0 unspecified atom stereocenters. The number of nitrogens with zero attached hydrogens (tertiary/aromatic N) is 1. The Bertz CT molecular complexity index is 213. The first-order valence-electron chi connectivity index (χ1n) is 8.77. The average Bonchev–Trinajstić information content (AvgIpc) is 2.38. The number of Topliss-reactive ketones (excluding diaryl/α,β-unsaturated/α-hetero) is 1. The molecule has 0 aliphatic heterocycles. The molecule has 2 nitrogen and oxygen atoms in total. The van der Waals surface area contributed by atoms with E-state index in [1.54, 1.807) is 6.92 Å². The summed E-state index contributed by atoms with van der Waals surface area (Å²) in [7, 11) is 4.31. The maximum atomic E-state index is 10.8. The molecular weight excluding hydrogens is 246 g/mol. The van der Waals surface area contributed by atoms with Crippen LogP contribution >= 0.6 is 0 Å². The van der Waals surface area contributed by atoms with E-state index in [0.29, 0.717) is 5.78 Å². The average molecular weight is 283 g/mol. The second-order valence-corrected chi connectivity index (χ2v) is 6.50. The van der Waals surface area contributed by atoms with Gasteiger partial charge in [-0.1, -0.05) is 64.2 Å². The van der Waals surface area contributed by atoms with Gasteiger partial charge in [-0.3, -0.25) is 0 Å². The SMILES string of the molecule is CC(=O)CCCCCCCCCCCCCCN(C)C. The molecule has 0 atom stereocenters. The van der Waals surface area contributed by atoms with E-state index in [0.717, 1.165) is 12.8 Å². The molecule has 0 aromatic heterocycles. The van der Waals surface area contributed by atoms with Crippen molar-refractivity contribution < 1.29 is 4.79 Å². The molecule has 0 bridgehead atoms. The van der Waals surface area contributed by atoms with Crippen molar-refractivity contribution in [3.05, 3.63) is 0 Å². The third-order valence-electron chi connectivity index (χ3n) is 3.88. The molecule has 0 N–H and O–H groups in total. The molecule has 0 spiro atoms. The number of rotatable bonds is 15. The summed E-state index contributed by atoms with van der Waals surface area (Å²) in [5.74, 6) is 0.343. The topological polar surface area (TPSA) is 20.3 Å². The van der Waals surface area contributed by atoms with Gasteiger partial charge in [0.15, 0.2) is 0 Å².